The van der Waals surface area contributed by atoms with Gasteiger partial charge in [0, 0.05) is 16.5 Å². The van der Waals surface area contributed by atoms with Crippen molar-refractivity contribution < 1.29 is 13.9 Å². The fourth-order valence-corrected chi connectivity index (χ4v) is 4.98. The molecule has 0 radical (unpaired) electrons. The first kappa shape index (κ1) is 22.2. The number of hydrogen-bond acceptors (Lipinski definition) is 6. The number of nitrogens with zero attached hydrogens (tertiary/aromatic N) is 3. The van der Waals surface area contributed by atoms with Crippen LogP contribution < -0.4 is 4.74 Å². The Labute approximate surface area is 209 Å². The van der Waals surface area contributed by atoms with Crippen LogP contribution in [-0.2, 0) is 0 Å². The standard InChI is InChI=1S/C30H25N3O3/c34-30(36-24-16-14-23(15-17-24)29-33-31-19-35-29)26-18-28(32-27-9-5-4-8-25(26)27)22-12-10-21(11-13-22)20-6-2-1-3-7-20/h4-5,8-20H,1-3,6-7H2. The molecule has 1 aliphatic rings. The molecule has 36 heavy (non-hydrogen) atoms. The Bertz CT molecular complexity index is 1490. The summed E-state index contributed by atoms with van der Waals surface area (Å²) >= 11 is 0. The van der Waals surface area contributed by atoms with Crippen molar-refractivity contribution in [3.05, 3.63) is 96.4 Å². The fraction of sp³-hybridized carbons (Fsp3) is 0.200. The fourth-order valence-electron chi connectivity index (χ4n) is 4.98. The minimum atomic E-state index is -0.431. The summed E-state index contributed by atoms with van der Waals surface area (Å²) in [5.41, 5.74) is 5.11. The number of para-hydroxylation sites is 1. The average molecular weight is 476 g/mol. The van der Waals surface area contributed by atoms with Crippen molar-refractivity contribution in [2.24, 2.45) is 0 Å². The second kappa shape index (κ2) is 9.74. The molecule has 5 aromatic rings. The van der Waals surface area contributed by atoms with Gasteiger partial charge in [-0.15, -0.1) is 10.2 Å². The molecular weight excluding hydrogens is 450 g/mol. The van der Waals surface area contributed by atoms with Gasteiger partial charge in [0.05, 0.1) is 16.8 Å². The van der Waals surface area contributed by atoms with E-state index in [4.69, 9.17) is 14.1 Å². The molecule has 0 spiro atoms. The van der Waals surface area contributed by atoms with E-state index >= 15 is 0 Å². The van der Waals surface area contributed by atoms with Gasteiger partial charge < -0.3 is 9.15 Å². The smallest absolute Gasteiger partial charge is 0.344 e. The summed E-state index contributed by atoms with van der Waals surface area (Å²) in [6, 6.07) is 25.1. The first-order valence-corrected chi connectivity index (χ1v) is 12.3. The Morgan fingerprint density at radius 2 is 1.61 bits per heavy atom. The minimum Gasteiger partial charge on any atom is -0.423 e. The molecule has 3 aromatic carbocycles. The zero-order valence-corrected chi connectivity index (χ0v) is 19.8. The number of ether oxygens (including phenoxy) is 1. The van der Waals surface area contributed by atoms with Crippen LogP contribution >= 0.6 is 0 Å². The van der Waals surface area contributed by atoms with Crippen molar-refractivity contribution in [2.45, 2.75) is 38.0 Å². The van der Waals surface area contributed by atoms with E-state index in [-0.39, 0.29) is 0 Å². The highest BCUT2D eigenvalue weighted by molar-refractivity contribution is 6.05. The topological polar surface area (TPSA) is 78.1 Å². The summed E-state index contributed by atoms with van der Waals surface area (Å²) in [6.07, 6.45) is 7.77. The van der Waals surface area contributed by atoms with Crippen molar-refractivity contribution in [1.29, 1.82) is 0 Å². The zero-order chi connectivity index (χ0) is 24.3. The number of carbonyl (C=O) groups excluding carboxylic acids is 1. The molecule has 6 nitrogen and oxygen atoms in total. The first-order chi connectivity index (χ1) is 17.7. The van der Waals surface area contributed by atoms with Crippen LogP contribution in [-0.4, -0.2) is 21.2 Å². The van der Waals surface area contributed by atoms with Crippen LogP contribution in [0.1, 0.15) is 53.9 Å². The minimum absolute atomic E-state index is 0.409. The van der Waals surface area contributed by atoms with Crippen LogP contribution in [0, 0.1) is 0 Å². The summed E-state index contributed by atoms with van der Waals surface area (Å²) in [6.45, 7) is 0. The summed E-state index contributed by atoms with van der Waals surface area (Å²) in [5.74, 6) is 1.06. The third-order valence-electron chi connectivity index (χ3n) is 6.89. The van der Waals surface area contributed by atoms with Gasteiger partial charge in [0.15, 0.2) is 0 Å². The molecule has 1 aliphatic carbocycles. The Morgan fingerprint density at radius 1 is 0.861 bits per heavy atom. The number of esters is 1. The lowest BCUT2D eigenvalue weighted by molar-refractivity contribution is 0.0737. The van der Waals surface area contributed by atoms with Crippen molar-refractivity contribution in [1.82, 2.24) is 15.2 Å². The van der Waals surface area contributed by atoms with Crippen LogP contribution in [0.3, 0.4) is 0 Å². The van der Waals surface area contributed by atoms with Gasteiger partial charge in [-0.2, -0.15) is 0 Å². The molecule has 6 heteroatoms. The van der Waals surface area contributed by atoms with Crippen LogP contribution in [0.5, 0.6) is 5.75 Å². The highest BCUT2D eigenvalue weighted by atomic mass is 16.5. The van der Waals surface area contributed by atoms with Gasteiger partial charge in [-0.3, -0.25) is 0 Å². The number of hydrogen-bond donors (Lipinski definition) is 0. The number of benzene rings is 3. The number of aromatic nitrogens is 3. The maximum Gasteiger partial charge on any atom is 0.344 e. The molecule has 2 aromatic heterocycles. The lowest BCUT2D eigenvalue weighted by atomic mass is 9.84. The lowest BCUT2D eigenvalue weighted by Gasteiger charge is -2.22. The zero-order valence-electron chi connectivity index (χ0n) is 19.8. The molecule has 1 fully saturated rings. The quantitative estimate of drug-likeness (QED) is 0.197. The van der Waals surface area contributed by atoms with Gasteiger partial charge in [0.2, 0.25) is 12.3 Å². The van der Waals surface area contributed by atoms with Crippen LogP contribution in [0.2, 0.25) is 0 Å². The normalized spacial score (nSPS) is 14.1. The summed E-state index contributed by atoms with van der Waals surface area (Å²) in [4.78, 5) is 18.1. The van der Waals surface area contributed by atoms with E-state index in [1.54, 1.807) is 24.3 Å². The van der Waals surface area contributed by atoms with E-state index in [9.17, 15) is 4.79 Å². The molecule has 0 unspecified atom stereocenters. The summed E-state index contributed by atoms with van der Waals surface area (Å²) in [7, 11) is 0. The summed E-state index contributed by atoms with van der Waals surface area (Å²) < 4.78 is 11.0. The molecular formula is C30H25N3O3. The van der Waals surface area contributed by atoms with E-state index in [1.165, 1.54) is 44.1 Å². The van der Waals surface area contributed by atoms with E-state index in [2.05, 4.69) is 34.5 Å². The van der Waals surface area contributed by atoms with Gasteiger partial charge in [-0.25, -0.2) is 9.78 Å². The van der Waals surface area contributed by atoms with Gasteiger partial charge in [0.1, 0.15) is 5.75 Å². The van der Waals surface area contributed by atoms with Crippen LogP contribution in [0.15, 0.2) is 89.7 Å². The molecule has 2 heterocycles. The van der Waals surface area contributed by atoms with Crippen LogP contribution in [0.4, 0.5) is 0 Å². The molecule has 0 atom stereocenters. The van der Waals surface area contributed by atoms with Gasteiger partial charge in [0.25, 0.3) is 0 Å². The highest BCUT2D eigenvalue weighted by Crippen LogP contribution is 2.34. The van der Waals surface area contributed by atoms with E-state index in [0.717, 1.165) is 27.7 Å². The molecule has 0 saturated heterocycles. The number of pyridine rings is 1. The predicted octanol–water partition coefficient (Wildman–Crippen LogP) is 7.22. The molecule has 0 bridgehead atoms. The third-order valence-corrected chi connectivity index (χ3v) is 6.89. The Morgan fingerprint density at radius 3 is 2.36 bits per heavy atom. The number of fused-ring (bicyclic) bond motifs is 1. The SMILES string of the molecule is O=C(Oc1ccc(-c2nnco2)cc1)c1cc(-c2ccc(C3CCCCC3)cc2)nc2ccccc12. The van der Waals surface area contributed by atoms with E-state index in [0.29, 0.717) is 23.1 Å². The average Bonchev–Trinajstić information content (AvgIpc) is 3.49. The second-order valence-electron chi connectivity index (χ2n) is 9.19. The highest BCUT2D eigenvalue weighted by Gasteiger charge is 2.18. The van der Waals surface area contributed by atoms with Crippen molar-refractivity contribution in [3.63, 3.8) is 0 Å². The van der Waals surface area contributed by atoms with Crippen molar-refractivity contribution >= 4 is 16.9 Å². The number of carbonyl (C=O) groups is 1. The van der Waals surface area contributed by atoms with Crippen molar-refractivity contribution in [2.75, 3.05) is 0 Å². The van der Waals surface area contributed by atoms with E-state index < -0.39 is 5.97 Å². The Balaban J connectivity index is 1.29. The van der Waals surface area contributed by atoms with Crippen LogP contribution in [0.25, 0.3) is 33.6 Å². The predicted molar refractivity (Wildman–Crippen MR) is 138 cm³/mol. The molecule has 0 N–H and O–H groups in total. The largest absolute Gasteiger partial charge is 0.423 e. The van der Waals surface area contributed by atoms with Gasteiger partial charge in [-0.1, -0.05) is 61.7 Å². The van der Waals surface area contributed by atoms with Gasteiger partial charge >= 0.3 is 5.97 Å². The number of rotatable bonds is 5. The molecule has 178 valence electrons. The van der Waals surface area contributed by atoms with E-state index in [1.807, 2.05) is 30.3 Å². The third kappa shape index (κ3) is 4.50. The second-order valence-corrected chi connectivity index (χ2v) is 9.19. The Kier molecular flexibility index (Phi) is 6.00. The van der Waals surface area contributed by atoms with Crippen molar-refractivity contribution in [3.8, 4) is 28.5 Å². The molecule has 0 aliphatic heterocycles. The lowest BCUT2D eigenvalue weighted by Crippen LogP contribution is -2.10. The molecule has 1 saturated carbocycles. The molecule has 6 rings (SSSR count). The monoisotopic (exact) mass is 475 g/mol. The maximum absolute atomic E-state index is 13.3. The maximum atomic E-state index is 13.3. The first-order valence-electron chi connectivity index (χ1n) is 12.3. The molecule has 0 amide bonds. The summed E-state index contributed by atoms with van der Waals surface area (Å²) in [5, 5.41) is 8.35. The van der Waals surface area contributed by atoms with Gasteiger partial charge in [-0.05, 0) is 60.7 Å². The Hall–Kier alpha value is -4.32.